The number of nitrogens with two attached hydrogens (primary N) is 1. The van der Waals surface area contributed by atoms with E-state index in [4.69, 9.17) is 16.7 Å². The molecule has 0 saturated heterocycles. The number of primary sulfonamides is 1. The van der Waals surface area contributed by atoms with Crippen LogP contribution in [0.25, 0.3) is 0 Å². The van der Waals surface area contributed by atoms with Crippen molar-refractivity contribution >= 4 is 45.0 Å². The van der Waals surface area contributed by atoms with Crippen LogP contribution < -0.4 is 10.5 Å². The number of rotatable bonds is 6. The molecule has 1 atom stereocenters. The number of amides is 1. The fourth-order valence-electron chi connectivity index (χ4n) is 1.85. The number of carbonyl (C=O) groups excluding carboxylic acids is 1. The van der Waals surface area contributed by atoms with Crippen molar-refractivity contribution in [2.45, 2.75) is 22.8 Å². The quantitative estimate of drug-likeness (QED) is 0.799. The first kappa shape index (κ1) is 18.8. The van der Waals surface area contributed by atoms with E-state index >= 15 is 0 Å². The van der Waals surface area contributed by atoms with Crippen LogP contribution in [0.4, 0.5) is 5.69 Å². The lowest BCUT2D eigenvalue weighted by Crippen LogP contribution is -2.22. The van der Waals surface area contributed by atoms with Gasteiger partial charge in [-0.3, -0.25) is 4.79 Å². The van der Waals surface area contributed by atoms with E-state index in [2.05, 4.69) is 5.32 Å². The maximum absolute atomic E-state index is 12.2. The van der Waals surface area contributed by atoms with Crippen molar-refractivity contribution in [3.05, 3.63) is 59.1 Å². The summed E-state index contributed by atoms with van der Waals surface area (Å²) in [5.41, 5.74) is 1.60. The number of hydrogen-bond donors (Lipinski definition) is 2. The molecule has 0 fully saturated rings. The van der Waals surface area contributed by atoms with Gasteiger partial charge in [0.2, 0.25) is 15.9 Å². The smallest absolute Gasteiger partial charge is 0.238 e. The summed E-state index contributed by atoms with van der Waals surface area (Å²) in [7, 11) is -3.73. The van der Waals surface area contributed by atoms with Gasteiger partial charge in [0, 0.05) is 16.5 Å². The van der Waals surface area contributed by atoms with Crippen LogP contribution in [0.2, 0.25) is 5.02 Å². The number of carbonyl (C=O) groups is 1. The van der Waals surface area contributed by atoms with E-state index < -0.39 is 10.0 Å². The van der Waals surface area contributed by atoms with Crippen LogP contribution in [-0.2, 0) is 20.6 Å². The largest absolute Gasteiger partial charge is 0.325 e. The minimum atomic E-state index is -3.73. The first-order chi connectivity index (χ1) is 11.3. The molecule has 0 aromatic heterocycles. The lowest BCUT2D eigenvalue weighted by molar-refractivity contribution is -0.115. The number of benzene rings is 2. The maximum Gasteiger partial charge on any atom is 0.238 e. The molecule has 0 bridgehead atoms. The maximum atomic E-state index is 12.2. The standard InChI is InChI=1S/C16H17ClN2O3S2/c1-11(23-10-12-2-4-13(17)5-3-12)16(20)19-14-6-8-15(9-7-14)24(18,21)22/h2-9,11H,10H2,1H3,(H,19,20)(H2,18,21,22)/t11-/m1/s1. The molecular formula is C16H17ClN2O3S2. The van der Waals surface area contributed by atoms with Crippen molar-refractivity contribution in [1.29, 1.82) is 0 Å². The summed E-state index contributed by atoms with van der Waals surface area (Å²) in [6.07, 6.45) is 0. The van der Waals surface area contributed by atoms with Crippen LogP contribution in [0.15, 0.2) is 53.4 Å². The van der Waals surface area contributed by atoms with Crippen LogP contribution in [0, 0.1) is 0 Å². The monoisotopic (exact) mass is 384 g/mol. The van der Waals surface area contributed by atoms with Gasteiger partial charge in [-0.1, -0.05) is 23.7 Å². The Morgan fingerprint density at radius 2 is 1.75 bits per heavy atom. The highest BCUT2D eigenvalue weighted by Crippen LogP contribution is 2.21. The van der Waals surface area contributed by atoms with Crippen molar-refractivity contribution in [2.75, 3.05) is 5.32 Å². The molecule has 2 rings (SSSR count). The molecule has 0 spiro atoms. The van der Waals surface area contributed by atoms with Crippen molar-refractivity contribution in [2.24, 2.45) is 5.14 Å². The van der Waals surface area contributed by atoms with Gasteiger partial charge in [0.05, 0.1) is 10.1 Å². The lowest BCUT2D eigenvalue weighted by Gasteiger charge is -2.12. The number of nitrogens with one attached hydrogen (secondary N) is 1. The molecule has 128 valence electrons. The van der Waals surface area contributed by atoms with E-state index in [1.165, 1.54) is 36.0 Å². The third kappa shape index (κ3) is 5.52. The summed E-state index contributed by atoms with van der Waals surface area (Å²) in [6, 6.07) is 13.2. The Morgan fingerprint density at radius 3 is 2.29 bits per heavy atom. The van der Waals surface area contributed by atoms with Gasteiger partial charge in [0.1, 0.15) is 0 Å². The minimum Gasteiger partial charge on any atom is -0.325 e. The molecule has 0 aliphatic rings. The summed E-state index contributed by atoms with van der Waals surface area (Å²) in [5, 5.41) is 8.20. The van der Waals surface area contributed by atoms with Crippen LogP contribution >= 0.6 is 23.4 Å². The molecule has 0 radical (unpaired) electrons. The van der Waals surface area contributed by atoms with Crippen LogP contribution in [0.1, 0.15) is 12.5 Å². The molecule has 0 aliphatic carbocycles. The summed E-state index contributed by atoms with van der Waals surface area (Å²) in [6.45, 7) is 1.81. The number of halogens is 1. The number of thioether (sulfide) groups is 1. The second-order valence-corrected chi connectivity index (χ2v) is 8.47. The molecule has 5 nitrogen and oxygen atoms in total. The summed E-state index contributed by atoms with van der Waals surface area (Å²) >= 11 is 7.34. The average molecular weight is 385 g/mol. The van der Waals surface area contributed by atoms with E-state index in [0.717, 1.165) is 5.56 Å². The molecule has 3 N–H and O–H groups in total. The first-order valence-corrected chi connectivity index (χ1v) is 10.0. The Hall–Kier alpha value is -1.54. The topological polar surface area (TPSA) is 89.3 Å². The van der Waals surface area contributed by atoms with Gasteiger partial charge in [-0.2, -0.15) is 0 Å². The molecule has 0 unspecified atom stereocenters. The SMILES string of the molecule is C[C@@H](SCc1ccc(Cl)cc1)C(=O)Nc1ccc(S(N)(=O)=O)cc1. The van der Waals surface area contributed by atoms with Crippen molar-refractivity contribution in [3.63, 3.8) is 0 Å². The second kappa shape index (κ2) is 8.02. The Kier molecular flexibility index (Phi) is 6.28. The Balaban J connectivity index is 1.90. The summed E-state index contributed by atoms with van der Waals surface area (Å²) in [4.78, 5) is 12.2. The lowest BCUT2D eigenvalue weighted by atomic mass is 10.2. The normalized spacial score (nSPS) is 12.6. The highest BCUT2D eigenvalue weighted by atomic mass is 35.5. The Bertz CT molecular complexity index is 806. The fraction of sp³-hybridized carbons (Fsp3) is 0.188. The average Bonchev–Trinajstić information content (AvgIpc) is 2.53. The molecule has 8 heteroatoms. The third-order valence-electron chi connectivity index (χ3n) is 3.23. The van der Waals surface area contributed by atoms with Gasteiger partial charge in [0.25, 0.3) is 0 Å². The zero-order chi connectivity index (χ0) is 17.7. The predicted molar refractivity (Wildman–Crippen MR) is 98.7 cm³/mol. The summed E-state index contributed by atoms with van der Waals surface area (Å²) in [5.74, 6) is 0.535. The molecule has 0 saturated carbocycles. The Labute approximate surface area is 150 Å². The van der Waals surface area contributed by atoms with E-state index in [1.807, 2.05) is 31.2 Å². The van der Waals surface area contributed by atoms with Gasteiger partial charge in [-0.15, -0.1) is 11.8 Å². The molecular weight excluding hydrogens is 368 g/mol. The molecule has 2 aromatic carbocycles. The minimum absolute atomic E-state index is 0.00524. The van der Waals surface area contributed by atoms with Gasteiger partial charge >= 0.3 is 0 Å². The molecule has 0 heterocycles. The van der Waals surface area contributed by atoms with Crippen molar-refractivity contribution in [3.8, 4) is 0 Å². The van der Waals surface area contributed by atoms with Gasteiger partial charge in [-0.25, -0.2) is 13.6 Å². The molecule has 24 heavy (non-hydrogen) atoms. The Morgan fingerprint density at radius 1 is 1.17 bits per heavy atom. The fourth-order valence-corrected chi connectivity index (χ4v) is 3.34. The van der Waals surface area contributed by atoms with E-state index in [1.54, 1.807) is 0 Å². The molecule has 1 amide bonds. The van der Waals surface area contributed by atoms with E-state index in [9.17, 15) is 13.2 Å². The second-order valence-electron chi connectivity index (χ2n) is 5.14. The number of sulfonamides is 1. The zero-order valence-corrected chi connectivity index (χ0v) is 15.3. The van der Waals surface area contributed by atoms with Gasteiger partial charge in [0.15, 0.2) is 0 Å². The highest BCUT2D eigenvalue weighted by molar-refractivity contribution is 7.99. The third-order valence-corrected chi connectivity index (χ3v) is 5.63. The molecule has 2 aromatic rings. The highest BCUT2D eigenvalue weighted by Gasteiger charge is 2.14. The first-order valence-electron chi connectivity index (χ1n) is 7.05. The molecule has 0 aliphatic heterocycles. The van der Waals surface area contributed by atoms with Crippen molar-refractivity contribution < 1.29 is 13.2 Å². The van der Waals surface area contributed by atoms with Gasteiger partial charge < -0.3 is 5.32 Å². The van der Waals surface area contributed by atoms with Crippen molar-refractivity contribution in [1.82, 2.24) is 0 Å². The van der Waals surface area contributed by atoms with E-state index in [-0.39, 0.29) is 16.1 Å². The summed E-state index contributed by atoms with van der Waals surface area (Å²) < 4.78 is 22.4. The zero-order valence-electron chi connectivity index (χ0n) is 12.9. The van der Waals surface area contributed by atoms with E-state index in [0.29, 0.717) is 16.5 Å². The van der Waals surface area contributed by atoms with Gasteiger partial charge in [-0.05, 0) is 48.9 Å². The van der Waals surface area contributed by atoms with Crippen LogP contribution in [-0.4, -0.2) is 19.6 Å². The number of anilines is 1. The van der Waals surface area contributed by atoms with Crippen LogP contribution in [0.3, 0.4) is 0 Å². The number of hydrogen-bond acceptors (Lipinski definition) is 4. The predicted octanol–water partition coefficient (Wildman–Crippen LogP) is 3.25. The van der Waals surface area contributed by atoms with Crippen LogP contribution in [0.5, 0.6) is 0 Å².